The van der Waals surface area contributed by atoms with Crippen LogP contribution in [0.2, 0.25) is 0 Å². The zero-order valence-corrected chi connectivity index (χ0v) is 19.0. The molecule has 2 aromatic rings. The van der Waals surface area contributed by atoms with Crippen LogP contribution in [0, 0.1) is 22.5 Å². The Morgan fingerprint density at radius 3 is 2.62 bits per heavy atom. The second-order valence-corrected chi connectivity index (χ2v) is 9.21. The van der Waals surface area contributed by atoms with Gasteiger partial charge in [-0.15, -0.1) is 0 Å². The molecule has 2 saturated heterocycles. The quantitative estimate of drug-likeness (QED) is 0.412. The summed E-state index contributed by atoms with van der Waals surface area (Å²) in [5.74, 6) is -1.38. The van der Waals surface area contributed by atoms with Crippen molar-refractivity contribution in [3.05, 3.63) is 63.7 Å². The van der Waals surface area contributed by atoms with Gasteiger partial charge >= 0.3 is 6.03 Å². The fraction of sp³-hybridized carbons (Fsp3) is 0.375. The molecule has 0 unspecified atom stereocenters. The number of nitrogens with zero attached hydrogens (tertiary/aromatic N) is 3. The van der Waals surface area contributed by atoms with Crippen molar-refractivity contribution in [1.82, 2.24) is 5.32 Å². The first-order valence-electron chi connectivity index (χ1n) is 11.1. The molecule has 1 spiro atoms. The summed E-state index contributed by atoms with van der Waals surface area (Å²) in [5.41, 5.74) is 0.593. The molecule has 5 rings (SSSR count). The smallest absolute Gasteiger partial charge is 0.335 e. The van der Waals surface area contributed by atoms with Crippen molar-refractivity contribution in [2.45, 2.75) is 45.4 Å². The topological polar surface area (TPSA) is 122 Å². The number of morpholine rings is 1. The number of non-ortho nitro benzene ring substituents is 1. The van der Waals surface area contributed by atoms with Crippen LogP contribution in [0.1, 0.15) is 25.0 Å². The number of nitro benzene ring substituents is 1. The third-order valence-corrected chi connectivity index (χ3v) is 6.91. The van der Waals surface area contributed by atoms with Crippen molar-refractivity contribution < 1.29 is 24.0 Å². The van der Waals surface area contributed by atoms with E-state index in [1.807, 2.05) is 24.8 Å². The number of nitrogens with one attached hydrogen (secondary N) is 1. The van der Waals surface area contributed by atoms with Gasteiger partial charge in [-0.05, 0) is 50.1 Å². The van der Waals surface area contributed by atoms with Crippen molar-refractivity contribution in [1.29, 1.82) is 0 Å². The molecule has 4 amide bonds. The SMILES string of the molecule is Cc1cccc(N2C(=O)NC(=O)[C@]3(Cc4cc([N+](=O)[O-])ccc4N4C[C@H](C)O[C@@H](C)[C@H]43)C2=O)c1. The van der Waals surface area contributed by atoms with E-state index in [9.17, 15) is 24.5 Å². The highest BCUT2D eigenvalue weighted by molar-refractivity contribution is 6.30. The third-order valence-electron chi connectivity index (χ3n) is 6.91. The number of nitro groups is 1. The van der Waals surface area contributed by atoms with Crippen molar-refractivity contribution in [3.63, 3.8) is 0 Å². The molecule has 10 nitrogen and oxygen atoms in total. The lowest BCUT2D eigenvalue weighted by Crippen LogP contribution is -2.76. The van der Waals surface area contributed by atoms with Crippen LogP contribution in [0.15, 0.2) is 42.5 Å². The molecule has 3 aliphatic rings. The van der Waals surface area contributed by atoms with E-state index in [4.69, 9.17) is 4.74 Å². The van der Waals surface area contributed by atoms with Gasteiger partial charge in [0.2, 0.25) is 5.91 Å². The highest BCUT2D eigenvalue weighted by Crippen LogP contribution is 2.48. The number of imide groups is 2. The van der Waals surface area contributed by atoms with Crippen LogP contribution < -0.4 is 15.1 Å². The van der Waals surface area contributed by atoms with Gasteiger partial charge in [0.25, 0.3) is 11.6 Å². The fourth-order valence-corrected chi connectivity index (χ4v) is 5.63. The summed E-state index contributed by atoms with van der Waals surface area (Å²) in [6.07, 6.45) is -0.803. The van der Waals surface area contributed by atoms with E-state index < -0.39 is 40.3 Å². The Hall–Kier alpha value is -3.79. The lowest BCUT2D eigenvalue weighted by atomic mass is 9.66. The molecule has 34 heavy (non-hydrogen) atoms. The van der Waals surface area contributed by atoms with Gasteiger partial charge < -0.3 is 9.64 Å². The number of aryl methyl sites for hydroxylation is 1. The molecule has 0 radical (unpaired) electrons. The number of carbonyl (C=O) groups excluding carboxylic acids is 3. The van der Waals surface area contributed by atoms with Crippen molar-refractivity contribution >= 4 is 34.9 Å². The maximum Gasteiger partial charge on any atom is 0.335 e. The molecule has 2 fully saturated rings. The predicted molar refractivity (Wildman–Crippen MR) is 123 cm³/mol. The van der Waals surface area contributed by atoms with Crippen LogP contribution in [0.4, 0.5) is 21.9 Å². The number of hydrogen-bond donors (Lipinski definition) is 1. The molecule has 10 heteroatoms. The average molecular weight is 464 g/mol. The Balaban J connectivity index is 1.71. The van der Waals surface area contributed by atoms with Gasteiger partial charge in [-0.25, -0.2) is 9.69 Å². The van der Waals surface area contributed by atoms with E-state index in [-0.39, 0.29) is 18.2 Å². The summed E-state index contributed by atoms with van der Waals surface area (Å²) in [6.45, 7) is 5.93. The summed E-state index contributed by atoms with van der Waals surface area (Å²) in [5, 5.41) is 13.8. The first-order chi connectivity index (χ1) is 16.1. The van der Waals surface area contributed by atoms with Gasteiger partial charge in [0.1, 0.15) is 0 Å². The standard InChI is InChI=1S/C24H24N4O6/c1-13-5-4-6-17(9-13)27-22(30)24(21(29)25-23(27)31)11-16-10-18(28(32)33)7-8-19(16)26-12-14(2)34-15(3)20(24)26/h4-10,14-15,20H,11-12H2,1-3H3,(H,25,29,31)/t14-,15-,20-,24+/m0/s1. The summed E-state index contributed by atoms with van der Waals surface area (Å²) < 4.78 is 6.06. The maximum absolute atomic E-state index is 14.2. The van der Waals surface area contributed by atoms with Crippen LogP contribution in [-0.2, 0) is 20.7 Å². The fourth-order valence-electron chi connectivity index (χ4n) is 5.63. The van der Waals surface area contributed by atoms with E-state index in [1.54, 1.807) is 31.2 Å². The molecular formula is C24H24N4O6. The number of urea groups is 1. The second-order valence-electron chi connectivity index (χ2n) is 9.21. The van der Waals surface area contributed by atoms with Gasteiger partial charge in [-0.3, -0.25) is 25.0 Å². The zero-order chi connectivity index (χ0) is 24.4. The minimum atomic E-state index is -1.71. The first-order valence-corrected chi connectivity index (χ1v) is 11.1. The Bertz CT molecular complexity index is 1250. The van der Waals surface area contributed by atoms with E-state index in [1.165, 1.54) is 12.1 Å². The Kier molecular flexibility index (Phi) is 4.94. The first kappa shape index (κ1) is 22.0. The molecule has 2 aromatic carbocycles. The van der Waals surface area contributed by atoms with Gasteiger partial charge in [-0.2, -0.15) is 0 Å². The highest BCUT2D eigenvalue weighted by atomic mass is 16.6. The summed E-state index contributed by atoms with van der Waals surface area (Å²) >= 11 is 0. The Labute approximate surface area is 195 Å². The van der Waals surface area contributed by atoms with Crippen molar-refractivity contribution in [2.75, 3.05) is 16.3 Å². The summed E-state index contributed by atoms with van der Waals surface area (Å²) in [4.78, 5) is 54.5. The zero-order valence-electron chi connectivity index (χ0n) is 19.0. The molecule has 0 bridgehead atoms. The number of rotatable bonds is 2. The monoisotopic (exact) mass is 464 g/mol. The van der Waals surface area contributed by atoms with Crippen LogP contribution in [0.5, 0.6) is 0 Å². The lowest BCUT2D eigenvalue weighted by Gasteiger charge is -2.56. The van der Waals surface area contributed by atoms with E-state index in [0.717, 1.165) is 16.2 Å². The van der Waals surface area contributed by atoms with Gasteiger partial charge in [0.15, 0.2) is 5.41 Å². The molecule has 4 atom stereocenters. The molecular weight excluding hydrogens is 440 g/mol. The number of hydrogen-bond acceptors (Lipinski definition) is 7. The van der Waals surface area contributed by atoms with E-state index in [2.05, 4.69) is 5.32 Å². The molecule has 0 aromatic heterocycles. The number of amides is 4. The minimum Gasteiger partial charge on any atom is -0.372 e. The molecule has 176 valence electrons. The van der Waals surface area contributed by atoms with Crippen LogP contribution in [0.25, 0.3) is 0 Å². The van der Waals surface area contributed by atoms with Crippen LogP contribution in [-0.4, -0.2) is 47.6 Å². The van der Waals surface area contributed by atoms with Gasteiger partial charge in [0.05, 0.1) is 28.9 Å². The Morgan fingerprint density at radius 1 is 1.15 bits per heavy atom. The number of ether oxygens (including phenoxy) is 1. The third kappa shape index (κ3) is 3.09. The molecule has 1 N–H and O–H groups in total. The highest BCUT2D eigenvalue weighted by Gasteiger charge is 2.65. The number of fused-ring (bicyclic) bond motifs is 4. The van der Waals surface area contributed by atoms with E-state index >= 15 is 0 Å². The van der Waals surface area contributed by atoms with Crippen LogP contribution in [0.3, 0.4) is 0 Å². The Morgan fingerprint density at radius 2 is 1.91 bits per heavy atom. The number of barbiturate groups is 1. The number of anilines is 2. The van der Waals surface area contributed by atoms with Crippen LogP contribution >= 0.6 is 0 Å². The van der Waals surface area contributed by atoms with Gasteiger partial charge in [0, 0.05) is 30.8 Å². The largest absolute Gasteiger partial charge is 0.372 e. The maximum atomic E-state index is 14.2. The average Bonchev–Trinajstić information content (AvgIpc) is 2.77. The molecule has 0 aliphatic carbocycles. The predicted octanol–water partition coefficient (Wildman–Crippen LogP) is 2.71. The van der Waals surface area contributed by atoms with Crippen molar-refractivity contribution in [2.24, 2.45) is 5.41 Å². The van der Waals surface area contributed by atoms with Crippen molar-refractivity contribution in [3.8, 4) is 0 Å². The summed E-state index contributed by atoms with van der Waals surface area (Å²) in [7, 11) is 0. The second kappa shape index (κ2) is 7.63. The molecule has 3 aliphatic heterocycles. The number of benzene rings is 2. The lowest BCUT2D eigenvalue weighted by molar-refractivity contribution is -0.384. The molecule has 0 saturated carbocycles. The van der Waals surface area contributed by atoms with E-state index in [0.29, 0.717) is 17.8 Å². The van der Waals surface area contributed by atoms with Gasteiger partial charge in [-0.1, -0.05) is 12.1 Å². The summed E-state index contributed by atoms with van der Waals surface area (Å²) in [6, 6.07) is 9.87. The molecule has 3 heterocycles. The normalized spacial score (nSPS) is 28.4. The minimum absolute atomic E-state index is 0.0898. The number of carbonyl (C=O) groups is 3.